The molecule has 0 aromatic heterocycles. The van der Waals surface area contributed by atoms with E-state index < -0.39 is 10.0 Å². The molecule has 0 heterocycles. The molecule has 1 rings (SSSR count). The van der Waals surface area contributed by atoms with E-state index in [2.05, 4.69) is 15.9 Å². The Morgan fingerprint density at radius 2 is 1.94 bits per heavy atom. The lowest BCUT2D eigenvalue weighted by Crippen LogP contribution is -2.27. The van der Waals surface area contributed by atoms with Gasteiger partial charge in [0.25, 0.3) is 0 Å². The van der Waals surface area contributed by atoms with Gasteiger partial charge < -0.3 is 0 Å². The first-order valence-electron chi connectivity index (χ1n) is 5.00. The van der Waals surface area contributed by atoms with Crippen LogP contribution in [0.15, 0.2) is 29.2 Å². The normalized spacial score (nSPS) is 11.4. The summed E-state index contributed by atoms with van der Waals surface area (Å²) in [7, 11) is -1.99. The summed E-state index contributed by atoms with van der Waals surface area (Å²) in [6.45, 7) is 0.207. The maximum atomic E-state index is 12.0. The van der Waals surface area contributed by atoms with Gasteiger partial charge in [-0.3, -0.25) is 0 Å². The Labute approximate surface area is 110 Å². The number of sulfonamides is 1. The third kappa shape index (κ3) is 3.53. The van der Waals surface area contributed by atoms with Crippen molar-refractivity contribution in [1.82, 2.24) is 4.31 Å². The van der Waals surface area contributed by atoms with Gasteiger partial charge in [-0.2, -0.15) is 9.57 Å². The van der Waals surface area contributed by atoms with Crippen LogP contribution in [-0.2, 0) is 15.4 Å². The summed E-state index contributed by atoms with van der Waals surface area (Å²) < 4.78 is 25.3. The summed E-state index contributed by atoms with van der Waals surface area (Å²) in [6.07, 6.45) is 0.190. The number of alkyl halides is 1. The Kier molecular flexibility index (Phi) is 5.12. The first kappa shape index (κ1) is 14.2. The fourth-order valence-electron chi connectivity index (χ4n) is 1.26. The van der Waals surface area contributed by atoms with E-state index in [1.54, 1.807) is 24.3 Å². The molecular formula is C11H13BrN2O2S. The summed E-state index contributed by atoms with van der Waals surface area (Å²) in [5, 5.41) is 9.14. The minimum Gasteiger partial charge on any atom is -0.207 e. The van der Waals surface area contributed by atoms with Gasteiger partial charge >= 0.3 is 0 Å². The molecule has 0 aliphatic rings. The van der Waals surface area contributed by atoms with E-state index in [-0.39, 0.29) is 17.9 Å². The first-order valence-corrected chi connectivity index (χ1v) is 7.56. The molecule has 0 N–H and O–H groups in total. The van der Waals surface area contributed by atoms with Crippen LogP contribution in [0.5, 0.6) is 0 Å². The molecule has 0 fully saturated rings. The Bertz CT molecular complexity index is 505. The van der Waals surface area contributed by atoms with Gasteiger partial charge in [-0.05, 0) is 17.7 Å². The molecule has 0 radical (unpaired) electrons. The smallest absolute Gasteiger partial charge is 0.207 e. The van der Waals surface area contributed by atoms with E-state index in [1.807, 2.05) is 6.07 Å². The average Bonchev–Trinajstić information content (AvgIpc) is 2.35. The third-order valence-corrected chi connectivity index (χ3v) is 4.84. The lowest BCUT2D eigenvalue weighted by molar-refractivity contribution is 0.476. The lowest BCUT2D eigenvalue weighted by Gasteiger charge is -2.15. The zero-order valence-corrected chi connectivity index (χ0v) is 11.8. The first-order chi connectivity index (χ1) is 8.02. The standard InChI is InChI=1S/C11H13BrN2O2S/c1-14(8-2-7-13)17(15,16)11-5-3-10(9-12)4-6-11/h3-6H,2,8-9H2,1H3. The molecule has 0 aliphatic heterocycles. The largest absolute Gasteiger partial charge is 0.242 e. The van der Waals surface area contributed by atoms with Crippen LogP contribution in [0.3, 0.4) is 0 Å². The summed E-state index contributed by atoms with van der Waals surface area (Å²) in [5.41, 5.74) is 1.02. The molecule has 0 atom stereocenters. The molecule has 92 valence electrons. The van der Waals surface area contributed by atoms with Crippen LogP contribution in [0.1, 0.15) is 12.0 Å². The Balaban J connectivity index is 2.93. The second-order valence-electron chi connectivity index (χ2n) is 3.51. The highest BCUT2D eigenvalue weighted by Gasteiger charge is 2.19. The van der Waals surface area contributed by atoms with Crippen molar-refractivity contribution < 1.29 is 8.42 Å². The predicted molar refractivity (Wildman–Crippen MR) is 69.1 cm³/mol. The number of halogens is 1. The van der Waals surface area contributed by atoms with E-state index in [0.29, 0.717) is 5.33 Å². The molecule has 6 heteroatoms. The molecule has 0 bridgehead atoms. The van der Waals surface area contributed by atoms with Crippen molar-refractivity contribution in [3.63, 3.8) is 0 Å². The van der Waals surface area contributed by atoms with Crippen molar-refractivity contribution in [2.45, 2.75) is 16.6 Å². The van der Waals surface area contributed by atoms with Gasteiger partial charge in [-0.1, -0.05) is 28.1 Å². The van der Waals surface area contributed by atoms with Crippen molar-refractivity contribution in [3.8, 4) is 6.07 Å². The third-order valence-electron chi connectivity index (χ3n) is 2.32. The van der Waals surface area contributed by atoms with E-state index in [0.717, 1.165) is 5.56 Å². The maximum absolute atomic E-state index is 12.0. The predicted octanol–water partition coefficient (Wildman–Crippen LogP) is 2.12. The Morgan fingerprint density at radius 1 is 1.35 bits per heavy atom. The number of rotatable bonds is 5. The minimum absolute atomic E-state index is 0.190. The maximum Gasteiger partial charge on any atom is 0.242 e. The van der Waals surface area contributed by atoms with Crippen molar-refractivity contribution >= 4 is 26.0 Å². The van der Waals surface area contributed by atoms with Crippen molar-refractivity contribution in [2.24, 2.45) is 0 Å². The van der Waals surface area contributed by atoms with Crippen LogP contribution in [0.25, 0.3) is 0 Å². The second-order valence-corrected chi connectivity index (χ2v) is 6.12. The zero-order valence-electron chi connectivity index (χ0n) is 9.43. The van der Waals surface area contributed by atoms with Crippen LogP contribution in [0.4, 0.5) is 0 Å². The van der Waals surface area contributed by atoms with Gasteiger partial charge in [0.15, 0.2) is 0 Å². The fraction of sp³-hybridized carbons (Fsp3) is 0.364. The monoisotopic (exact) mass is 316 g/mol. The number of hydrogen-bond acceptors (Lipinski definition) is 3. The zero-order chi connectivity index (χ0) is 12.9. The highest BCUT2D eigenvalue weighted by atomic mass is 79.9. The molecule has 0 saturated carbocycles. The second kappa shape index (κ2) is 6.15. The molecule has 1 aromatic carbocycles. The van der Waals surface area contributed by atoms with Gasteiger partial charge in [0.1, 0.15) is 0 Å². The lowest BCUT2D eigenvalue weighted by atomic mass is 10.2. The molecule has 0 aliphatic carbocycles. The summed E-state index contributed by atoms with van der Waals surface area (Å²) in [4.78, 5) is 0.252. The summed E-state index contributed by atoms with van der Waals surface area (Å²) in [6, 6.07) is 8.61. The van der Waals surface area contributed by atoms with Gasteiger partial charge in [-0.25, -0.2) is 8.42 Å². The van der Waals surface area contributed by atoms with Crippen molar-refractivity contribution in [2.75, 3.05) is 13.6 Å². The summed E-state index contributed by atoms with van der Waals surface area (Å²) in [5.74, 6) is 0. The van der Waals surface area contributed by atoms with E-state index in [1.165, 1.54) is 11.4 Å². The molecule has 0 spiro atoms. The molecule has 4 nitrogen and oxygen atoms in total. The van der Waals surface area contributed by atoms with Crippen molar-refractivity contribution in [1.29, 1.82) is 5.26 Å². The van der Waals surface area contributed by atoms with Crippen LogP contribution >= 0.6 is 15.9 Å². The van der Waals surface area contributed by atoms with E-state index in [4.69, 9.17) is 5.26 Å². The minimum atomic E-state index is -3.47. The van der Waals surface area contributed by atoms with Gasteiger partial charge in [0.2, 0.25) is 10.0 Å². The van der Waals surface area contributed by atoms with E-state index >= 15 is 0 Å². The number of nitrogens with zero attached hydrogens (tertiary/aromatic N) is 2. The molecule has 0 saturated heterocycles. The quantitative estimate of drug-likeness (QED) is 0.782. The molecule has 1 aromatic rings. The summed E-state index contributed by atoms with van der Waals surface area (Å²) >= 11 is 3.30. The fourth-order valence-corrected chi connectivity index (χ4v) is 2.80. The molecule has 0 unspecified atom stereocenters. The highest BCUT2D eigenvalue weighted by molar-refractivity contribution is 9.08. The average molecular weight is 317 g/mol. The number of hydrogen-bond donors (Lipinski definition) is 0. The van der Waals surface area contributed by atoms with Crippen LogP contribution in [0.2, 0.25) is 0 Å². The number of benzene rings is 1. The van der Waals surface area contributed by atoms with Crippen LogP contribution < -0.4 is 0 Å². The Morgan fingerprint density at radius 3 is 2.41 bits per heavy atom. The highest BCUT2D eigenvalue weighted by Crippen LogP contribution is 2.16. The number of nitriles is 1. The van der Waals surface area contributed by atoms with Crippen LogP contribution in [0, 0.1) is 11.3 Å². The van der Waals surface area contributed by atoms with E-state index in [9.17, 15) is 8.42 Å². The SMILES string of the molecule is CN(CCC#N)S(=O)(=O)c1ccc(CBr)cc1. The van der Waals surface area contributed by atoms with Crippen molar-refractivity contribution in [3.05, 3.63) is 29.8 Å². The Hall–Kier alpha value is -0.900. The van der Waals surface area contributed by atoms with Gasteiger partial charge in [-0.15, -0.1) is 0 Å². The molecule has 17 heavy (non-hydrogen) atoms. The van der Waals surface area contributed by atoms with Gasteiger partial charge in [0, 0.05) is 25.3 Å². The molecule has 0 amide bonds. The topological polar surface area (TPSA) is 61.2 Å². The van der Waals surface area contributed by atoms with Gasteiger partial charge in [0.05, 0.1) is 11.0 Å². The molecular weight excluding hydrogens is 304 g/mol. The van der Waals surface area contributed by atoms with Crippen LogP contribution in [-0.4, -0.2) is 26.3 Å².